The van der Waals surface area contributed by atoms with Crippen LogP contribution in [0.5, 0.6) is 0 Å². The van der Waals surface area contributed by atoms with E-state index in [-0.39, 0.29) is 5.48 Å². The Morgan fingerprint density at radius 2 is 0.931 bits per heavy atom. The minimum Gasteiger partial charge on any atom is -0.412 e. The van der Waals surface area contributed by atoms with Crippen molar-refractivity contribution in [3.63, 3.8) is 0 Å². The lowest BCUT2D eigenvalue weighted by molar-refractivity contribution is 0.706. The molecule has 0 atom stereocenters. The Bertz CT molecular complexity index is 583. The lowest BCUT2D eigenvalue weighted by atomic mass is 10.0. The van der Waals surface area contributed by atoms with E-state index in [0.717, 1.165) is 12.8 Å². The number of rotatable bonds is 12. The second-order valence-corrected chi connectivity index (χ2v) is 7.74. The molecule has 1 heteroatoms. The van der Waals surface area contributed by atoms with E-state index in [0.29, 0.717) is 0 Å². The van der Waals surface area contributed by atoms with Crippen molar-refractivity contribution >= 4 is 0 Å². The summed E-state index contributed by atoms with van der Waals surface area (Å²) in [6.07, 6.45) is 12.3. The molecule has 2 aromatic carbocycles. The molecule has 2 N–H and O–H groups in total. The van der Waals surface area contributed by atoms with Crippen LogP contribution in [0.3, 0.4) is 0 Å². The van der Waals surface area contributed by atoms with E-state index in [4.69, 9.17) is 0 Å². The highest BCUT2D eigenvalue weighted by Gasteiger charge is 1.97. The van der Waals surface area contributed by atoms with E-state index in [1.54, 1.807) is 0 Å². The summed E-state index contributed by atoms with van der Waals surface area (Å²) in [6.45, 7) is 12.7. The van der Waals surface area contributed by atoms with Crippen LogP contribution in [0.25, 0.3) is 0 Å². The largest absolute Gasteiger partial charge is 0.412 e. The van der Waals surface area contributed by atoms with Gasteiger partial charge in [0.05, 0.1) is 0 Å². The van der Waals surface area contributed by atoms with Gasteiger partial charge in [-0.2, -0.15) is 0 Å². The standard InChI is InChI=1S/2C14H20.H2O/c2*1-3-4-6-9-13(2)12-14-10-7-5-8-11-14;/h2*5,7-8,10-11H,2-4,6,9,12H2,1H3;1H2. The second-order valence-electron chi connectivity index (χ2n) is 7.74. The first kappa shape index (κ1) is 26.9. The number of hydrogen-bond acceptors (Lipinski definition) is 0. The molecular formula is C28H42O. The molecule has 29 heavy (non-hydrogen) atoms. The summed E-state index contributed by atoms with van der Waals surface area (Å²) in [5.41, 5.74) is 5.50. The van der Waals surface area contributed by atoms with Crippen LogP contribution in [-0.4, -0.2) is 5.48 Å². The van der Waals surface area contributed by atoms with Crippen molar-refractivity contribution in [2.24, 2.45) is 0 Å². The molecule has 0 amide bonds. The summed E-state index contributed by atoms with van der Waals surface area (Å²) in [7, 11) is 0. The summed E-state index contributed by atoms with van der Waals surface area (Å²) in [6, 6.07) is 21.2. The highest BCUT2D eigenvalue weighted by Crippen LogP contribution is 2.14. The van der Waals surface area contributed by atoms with Crippen molar-refractivity contribution in [2.45, 2.75) is 78.1 Å². The molecule has 0 aliphatic heterocycles. The maximum atomic E-state index is 4.12. The predicted octanol–water partition coefficient (Wildman–Crippen LogP) is 7.91. The van der Waals surface area contributed by atoms with E-state index < -0.39 is 0 Å². The molecule has 0 heterocycles. The van der Waals surface area contributed by atoms with E-state index >= 15 is 0 Å². The van der Waals surface area contributed by atoms with Gasteiger partial charge in [-0.3, -0.25) is 0 Å². The smallest absolute Gasteiger partial charge is 0.00698 e. The average Bonchev–Trinajstić information content (AvgIpc) is 2.70. The fourth-order valence-corrected chi connectivity index (χ4v) is 3.20. The van der Waals surface area contributed by atoms with Gasteiger partial charge in [0, 0.05) is 0 Å². The lowest BCUT2D eigenvalue weighted by Crippen LogP contribution is -1.89. The first-order valence-electron chi connectivity index (χ1n) is 11.1. The average molecular weight is 395 g/mol. The van der Waals surface area contributed by atoms with Crippen molar-refractivity contribution in [3.8, 4) is 0 Å². The molecule has 0 aliphatic carbocycles. The van der Waals surface area contributed by atoms with Gasteiger partial charge in [-0.15, -0.1) is 0 Å². The zero-order valence-corrected chi connectivity index (χ0v) is 18.8. The van der Waals surface area contributed by atoms with Crippen LogP contribution in [0.2, 0.25) is 0 Å². The Balaban J connectivity index is 0.000000523. The molecule has 0 bridgehead atoms. The zero-order chi connectivity index (χ0) is 20.5. The normalized spacial score (nSPS) is 9.72. The molecule has 0 unspecified atom stereocenters. The fraction of sp³-hybridized carbons (Fsp3) is 0.429. The lowest BCUT2D eigenvalue weighted by Gasteiger charge is -2.04. The third kappa shape index (κ3) is 14.5. The SMILES string of the molecule is C=C(CCCCC)Cc1ccccc1.C=C(CCCCC)Cc1ccccc1.O. The van der Waals surface area contributed by atoms with Gasteiger partial charge in [0.1, 0.15) is 0 Å². The molecule has 0 aliphatic rings. The van der Waals surface area contributed by atoms with Crippen LogP contribution in [0, 0.1) is 0 Å². The molecule has 2 aromatic rings. The topological polar surface area (TPSA) is 31.5 Å². The van der Waals surface area contributed by atoms with Crippen LogP contribution in [0.4, 0.5) is 0 Å². The van der Waals surface area contributed by atoms with E-state index in [9.17, 15) is 0 Å². The maximum absolute atomic E-state index is 4.12. The van der Waals surface area contributed by atoms with Crippen LogP contribution in [-0.2, 0) is 12.8 Å². The molecular weight excluding hydrogens is 352 g/mol. The van der Waals surface area contributed by atoms with E-state index in [1.165, 1.54) is 73.6 Å². The van der Waals surface area contributed by atoms with Crippen molar-refractivity contribution in [2.75, 3.05) is 0 Å². The highest BCUT2D eigenvalue weighted by atomic mass is 16.0. The summed E-state index contributed by atoms with van der Waals surface area (Å²) in [5, 5.41) is 0. The van der Waals surface area contributed by atoms with Crippen LogP contribution < -0.4 is 0 Å². The Kier molecular flexibility index (Phi) is 16.6. The third-order valence-electron chi connectivity index (χ3n) is 4.86. The molecule has 0 aromatic heterocycles. The Morgan fingerprint density at radius 3 is 1.24 bits per heavy atom. The molecule has 0 saturated heterocycles. The number of hydrogen-bond donors (Lipinski definition) is 0. The fourth-order valence-electron chi connectivity index (χ4n) is 3.20. The van der Waals surface area contributed by atoms with Gasteiger partial charge in [-0.05, 0) is 49.7 Å². The van der Waals surface area contributed by atoms with Crippen LogP contribution in [0.15, 0.2) is 85.0 Å². The Labute approximate surface area is 179 Å². The molecule has 0 spiro atoms. The van der Waals surface area contributed by atoms with Crippen LogP contribution in [0.1, 0.15) is 76.3 Å². The quantitative estimate of drug-likeness (QED) is 0.259. The summed E-state index contributed by atoms with van der Waals surface area (Å²) < 4.78 is 0. The molecule has 1 nitrogen and oxygen atoms in total. The van der Waals surface area contributed by atoms with Crippen molar-refractivity contribution in [3.05, 3.63) is 96.1 Å². The zero-order valence-electron chi connectivity index (χ0n) is 18.8. The minimum absolute atomic E-state index is 0. The number of allylic oxidation sites excluding steroid dienone is 2. The summed E-state index contributed by atoms with van der Waals surface area (Å²) in [4.78, 5) is 0. The van der Waals surface area contributed by atoms with Crippen molar-refractivity contribution in [1.29, 1.82) is 0 Å². The van der Waals surface area contributed by atoms with Crippen LogP contribution >= 0.6 is 0 Å². The highest BCUT2D eigenvalue weighted by molar-refractivity contribution is 5.21. The molecule has 0 saturated carbocycles. The third-order valence-corrected chi connectivity index (χ3v) is 4.86. The van der Waals surface area contributed by atoms with Gasteiger partial charge in [-0.25, -0.2) is 0 Å². The number of benzene rings is 2. The second kappa shape index (κ2) is 17.9. The molecule has 2 rings (SSSR count). The van der Waals surface area contributed by atoms with Gasteiger partial charge < -0.3 is 5.48 Å². The maximum Gasteiger partial charge on any atom is -0.00698 e. The number of unbranched alkanes of at least 4 members (excludes halogenated alkanes) is 4. The summed E-state index contributed by atoms with van der Waals surface area (Å²) in [5.74, 6) is 0. The minimum atomic E-state index is 0. The van der Waals surface area contributed by atoms with Gasteiger partial charge in [-0.1, -0.05) is 124 Å². The van der Waals surface area contributed by atoms with Gasteiger partial charge >= 0.3 is 0 Å². The summed E-state index contributed by atoms with van der Waals surface area (Å²) >= 11 is 0. The first-order chi connectivity index (χ1) is 13.7. The van der Waals surface area contributed by atoms with E-state index in [1.807, 2.05) is 0 Å². The van der Waals surface area contributed by atoms with Gasteiger partial charge in [0.2, 0.25) is 0 Å². The van der Waals surface area contributed by atoms with Crippen molar-refractivity contribution in [1.82, 2.24) is 0 Å². The monoisotopic (exact) mass is 394 g/mol. The van der Waals surface area contributed by atoms with Crippen molar-refractivity contribution < 1.29 is 5.48 Å². The Hall–Kier alpha value is -2.12. The predicted molar refractivity (Wildman–Crippen MR) is 130 cm³/mol. The molecule has 0 radical (unpaired) electrons. The van der Waals surface area contributed by atoms with Gasteiger partial charge in [0.25, 0.3) is 0 Å². The van der Waals surface area contributed by atoms with Gasteiger partial charge in [0.15, 0.2) is 0 Å². The molecule has 160 valence electrons. The molecule has 0 fully saturated rings. The van der Waals surface area contributed by atoms with E-state index in [2.05, 4.69) is 87.7 Å². The Morgan fingerprint density at radius 1 is 0.586 bits per heavy atom. The first-order valence-corrected chi connectivity index (χ1v) is 11.1.